The Hall–Kier alpha value is -2.40. The summed E-state index contributed by atoms with van der Waals surface area (Å²) in [6.45, 7) is 0. The van der Waals surface area contributed by atoms with Gasteiger partial charge in [0, 0.05) is 6.07 Å². The normalized spacial score (nSPS) is 11.9. The maximum absolute atomic E-state index is 11.5. The van der Waals surface area contributed by atoms with Crippen LogP contribution in [0, 0.1) is 0 Å². The van der Waals surface area contributed by atoms with Gasteiger partial charge in [-0.2, -0.15) is 0 Å². The van der Waals surface area contributed by atoms with Crippen LogP contribution in [0.2, 0.25) is 5.02 Å². The van der Waals surface area contributed by atoms with Crippen molar-refractivity contribution in [1.82, 2.24) is 0 Å². The second-order valence-electron chi connectivity index (χ2n) is 4.80. The van der Waals surface area contributed by atoms with E-state index in [9.17, 15) is 20.1 Å². The molecular formula is C16H15ClO5. The first-order valence-corrected chi connectivity index (χ1v) is 6.87. The summed E-state index contributed by atoms with van der Waals surface area (Å²) in [7, 11) is 1.48. The number of hydrogen-bond donors (Lipinski definition) is 3. The Bertz CT molecular complexity index is 699. The minimum Gasteiger partial charge on any atom is -0.508 e. The molecule has 3 N–H and O–H groups in total. The molecule has 0 radical (unpaired) electrons. The fourth-order valence-corrected chi connectivity index (χ4v) is 2.46. The third-order valence-electron chi connectivity index (χ3n) is 3.37. The highest BCUT2D eigenvalue weighted by Gasteiger charge is 2.23. The number of carboxylic acids is 1. The molecule has 0 aromatic heterocycles. The Kier molecular flexibility index (Phi) is 4.78. The number of carboxylic acid groups (broad SMARTS) is 1. The van der Waals surface area contributed by atoms with E-state index in [1.54, 1.807) is 12.1 Å². The minimum atomic E-state index is -1.03. The van der Waals surface area contributed by atoms with E-state index >= 15 is 0 Å². The first kappa shape index (κ1) is 16.0. The highest BCUT2D eigenvalue weighted by atomic mass is 35.5. The molecule has 0 spiro atoms. The van der Waals surface area contributed by atoms with Gasteiger partial charge in [0.2, 0.25) is 0 Å². The molecule has 116 valence electrons. The number of aromatic hydroxyl groups is 2. The SMILES string of the molecule is COc1ccc(C(Cc2ccc(O)cc2O)C(=O)O)cc1Cl. The molecule has 5 nitrogen and oxygen atoms in total. The van der Waals surface area contributed by atoms with Crippen molar-refractivity contribution in [3.63, 3.8) is 0 Å². The molecule has 1 unspecified atom stereocenters. The van der Waals surface area contributed by atoms with E-state index in [0.29, 0.717) is 21.9 Å². The lowest BCUT2D eigenvalue weighted by atomic mass is 9.91. The molecule has 2 aromatic carbocycles. The van der Waals surface area contributed by atoms with E-state index < -0.39 is 11.9 Å². The van der Waals surface area contributed by atoms with Crippen LogP contribution in [-0.4, -0.2) is 28.4 Å². The second-order valence-corrected chi connectivity index (χ2v) is 5.21. The summed E-state index contributed by atoms with van der Waals surface area (Å²) in [5.74, 6) is -1.68. The highest BCUT2D eigenvalue weighted by Crippen LogP contribution is 2.32. The van der Waals surface area contributed by atoms with Gasteiger partial charge < -0.3 is 20.1 Å². The first-order valence-electron chi connectivity index (χ1n) is 6.49. The van der Waals surface area contributed by atoms with Crippen molar-refractivity contribution in [2.75, 3.05) is 7.11 Å². The Balaban J connectivity index is 2.34. The maximum Gasteiger partial charge on any atom is 0.311 e. The standard InChI is InChI=1S/C16H15ClO5/c1-22-15-5-3-9(7-13(15)17)12(16(20)21)6-10-2-4-11(18)8-14(10)19/h2-5,7-8,12,18-19H,6H2,1H3,(H,20,21). The second kappa shape index (κ2) is 6.58. The number of halogens is 1. The minimum absolute atomic E-state index is 0.0735. The van der Waals surface area contributed by atoms with Gasteiger partial charge in [0.05, 0.1) is 18.1 Å². The third kappa shape index (κ3) is 3.43. The average molecular weight is 323 g/mol. The Morgan fingerprint density at radius 1 is 1.23 bits per heavy atom. The molecule has 22 heavy (non-hydrogen) atoms. The number of methoxy groups -OCH3 is 1. The average Bonchev–Trinajstić information content (AvgIpc) is 2.46. The van der Waals surface area contributed by atoms with E-state index in [0.717, 1.165) is 0 Å². The summed E-state index contributed by atoms with van der Waals surface area (Å²) in [5.41, 5.74) is 0.933. The van der Waals surface area contributed by atoms with Crippen LogP contribution in [0.1, 0.15) is 17.0 Å². The number of rotatable bonds is 5. The molecule has 0 fully saturated rings. The van der Waals surface area contributed by atoms with E-state index in [1.165, 1.54) is 31.4 Å². The first-order chi connectivity index (χ1) is 10.4. The van der Waals surface area contributed by atoms with Crippen LogP contribution in [0.25, 0.3) is 0 Å². The Morgan fingerprint density at radius 2 is 1.95 bits per heavy atom. The molecule has 0 aliphatic carbocycles. The summed E-state index contributed by atoms with van der Waals surface area (Å²) in [5, 5.41) is 28.9. The lowest BCUT2D eigenvalue weighted by Gasteiger charge is -2.15. The van der Waals surface area contributed by atoms with Gasteiger partial charge in [-0.25, -0.2) is 0 Å². The van der Waals surface area contributed by atoms with Crippen molar-refractivity contribution in [2.24, 2.45) is 0 Å². The zero-order valence-corrected chi connectivity index (χ0v) is 12.5. The lowest BCUT2D eigenvalue weighted by molar-refractivity contribution is -0.138. The van der Waals surface area contributed by atoms with Gasteiger partial charge in [-0.05, 0) is 35.7 Å². The van der Waals surface area contributed by atoms with Gasteiger partial charge in [-0.3, -0.25) is 4.79 Å². The summed E-state index contributed by atoms with van der Waals surface area (Å²) >= 11 is 6.03. The fourth-order valence-electron chi connectivity index (χ4n) is 2.19. The lowest BCUT2D eigenvalue weighted by Crippen LogP contribution is -2.14. The van der Waals surface area contributed by atoms with Crippen molar-refractivity contribution in [3.8, 4) is 17.2 Å². The molecule has 1 atom stereocenters. The number of carbonyl (C=O) groups is 1. The Labute approximate surface area is 132 Å². The molecule has 0 amide bonds. The molecule has 2 aromatic rings. The fraction of sp³-hybridized carbons (Fsp3) is 0.188. The molecule has 0 bridgehead atoms. The monoisotopic (exact) mass is 322 g/mol. The summed E-state index contributed by atoms with van der Waals surface area (Å²) < 4.78 is 5.04. The molecule has 0 saturated carbocycles. The number of phenols is 2. The van der Waals surface area contributed by atoms with E-state index in [4.69, 9.17) is 16.3 Å². The van der Waals surface area contributed by atoms with Crippen LogP contribution in [-0.2, 0) is 11.2 Å². The van der Waals surface area contributed by atoms with Crippen molar-refractivity contribution in [2.45, 2.75) is 12.3 Å². The van der Waals surface area contributed by atoms with Crippen molar-refractivity contribution in [1.29, 1.82) is 0 Å². The quantitative estimate of drug-likeness (QED) is 0.787. The van der Waals surface area contributed by atoms with Crippen LogP contribution in [0.3, 0.4) is 0 Å². The van der Waals surface area contributed by atoms with Gasteiger partial charge in [0.1, 0.15) is 17.2 Å². The van der Waals surface area contributed by atoms with Crippen LogP contribution in [0.15, 0.2) is 36.4 Å². The van der Waals surface area contributed by atoms with Gasteiger partial charge in [0.25, 0.3) is 0 Å². The van der Waals surface area contributed by atoms with Gasteiger partial charge in [-0.1, -0.05) is 23.7 Å². The number of phenolic OH excluding ortho intramolecular Hbond substituents is 2. The van der Waals surface area contributed by atoms with Gasteiger partial charge in [0.15, 0.2) is 0 Å². The predicted molar refractivity (Wildman–Crippen MR) is 81.9 cm³/mol. The third-order valence-corrected chi connectivity index (χ3v) is 3.66. The zero-order valence-electron chi connectivity index (χ0n) is 11.8. The number of benzene rings is 2. The van der Waals surface area contributed by atoms with Gasteiger partial charge in [-0.15, -0.1) is 0 Å². The van der Waals surface area contributed by atoms with Crippen LogP contribution >= 0.6 is 11.6 Å². The molecule has 0 heterocycles. The van der Waals surface area contributed by atoms with Crippen molar-refractivity contribution in [3.05, 3.63) is 52.5 Å². The maximum atomic E-state index is 11.5. The highest BCUT2D eigenvalue weighted by molar-refractivity contribution is 6.32. The van der Waals surface area contributed by atoms with E-state index in [-0.39, 0.29) is 17.9 Å². The summed E-state index contributed by atoms with van der Waals surface area (Å²) in [6.07, 6.45) is 0.0735. The summed E-state index contributed by atoms with van der Waals surface area (Å²) in [6, 6.07) is 8.83. The number of ether oxygens (including phenoxy) is 1. The molecule has 2 rings (SSSR count). The van der Waals surface area contributed by atoms with E-state index in [2.05, 4.69) is 0 Å². The summed E-state index contributed by atoms with van der Waals surface area (Å²) in [4.78, 5) is 11.5. The molecule has 0 saturated heterocycles. The molecule has 0 aliphatic heterocycles. The van der Waals surface area contributed by atoms with Gasteiger partial charge >= 0.3 is 5.97 Å². The predicted octanol–water partition coefficient (Wildman–Crippen LogP) is 3.17. The number of aliphatic carboxylic acids is 1. The Morgan fingerprint density at radius 3 is 2.50 bits per heavy atom. The largest absolute Gasteiger partial charge is 0.508 e. The molecular weight excluding hydrogens is 308 g/mol. The topological polar surface area (TPSA) is 87.0 Å². The molecule has 0 aliphatic rings. The smallest absolute Gasteiger partial charge is 0.311 e. The van der Waals surface area contributed by atoms with Crippen LogP contribution < -0.4 is 4.74 Å². The number of hydrogen-bond acceptors (Lipinski definition) is 4. The van der Waals surface area contributed by atoms with E-state index in [1.807, 2.05) is 0 Å². The zero-order chi connectivity index (χ0) is 16.3. The van der Waals surface area contributed by atoms with Crippen LogP contribution in [0.5, 0.6) is 17.2 Å². The van der Waals surface area contributed by atoms with Crippen molar-refractivity contribution < 1.29 is 24.9 Å². The van der Waals surface area contributed by atoms with Crippen molar-refractivity contribution >= 4 is 17.6 Å². The molecule has 6 heteroatoms. The van der Waals surface area contributed by atoms with Crippen LogP contribution in [0.4, 0.5) is 0 Å².